The molecular formula is C13H9N5O. The zero-order valence-electron chi connectivity index (χ0n) is 10.1. The van der Waals surface area contributed by atoms with E-state index in [2.05, 4.69) is 15.1 Å². The highest BCUT2D eigenvalue weighted by Crippen LogP contribution is 2.22. The van der Waals surface area contributed by atoms with E-state index in [4.69, 9.17) is 5.26 Å². The molecule has 6 heteroatoms. The largest absolute Gasteiger partial charge is 0.345 e. The van der Waals surface area contributed by atoms with Crippen molar-refractivity contribution in [1.82, 2.24) is 19.7 Å². The van der Waals surface area contributed by atoms with E-state index in [1.807, 2.05) is 24.3 Å². The number of hydrogen-bond acceptors (Lipinski definition) is 4. The lowest BCUT2D eigenvalue weighted by Crippen LogP contribution is -2.20. The summed E-state index contributed by atoms with van der Waals surface area (Å²) in [4.78, 5) is 18.6. The molecule has 2 aromatic heterocycles. The van der Waals surface area contributed by atoms with Gasteiger partial charge in [0.15, 0.2) is 0 Å². The average molecular weight is 251 g/mol. The summed E-state index contributed by atoms with van der Waals surface area (Å²) in [5.74, 6) is 0. The quantitative estimate of drug-likeness (QED) is 0.703. The first-order chi connectivity index (χ1) is 9.19. The summed E-state index contributed by atoms with van der Waals surface area (Å²) in [5.41, 5.74) is 2.92. The molecule has 0 spiro atoms. The van der Waals surface area contributed by atoms with Crippen LogP contribution in [0.15, 0.2) is 35.4 Å². The number of nitrogens with zero attached hydrogens (tertiary/aromatic N) is 4. The molecule has 6 nitrogen and oxygen atoms in total. The van der Waals surface area contributed by atoms with Gasteiger partial charge in [-0.05, 0) is 12.1 Å². The average Bonchev–Trinajstić information content (AvgIpc) is 2.88. The van der Waals surface area contributed by atoms with Crippen molar-refractivity contribution in [3.05, 3.63) is 46.5 Å². The Bertz CT molecular complexity index is 869. The second kappa shape index (κ2) is 4.07. The van der Waals surface area contributed by atoms with Gasteiger partial charge in [0.25, 0.3) is 5.56 Å². The number of nitriles is 1. The number of nitrogens with one attached hydrogen (secondary N) is 1. The molecule has 0 saturated carbocycles. The number of imidazole rings is 1. The number of aromatic nitrogens is 4. The van der Waals surface area contributed by atoms with Crippen molar-refractivity contribution in [2.24, 2.45) is 7.05 Å². The fourth-order valence-corrected chi connectivity index (χ4v) is 1.92. The summed E-state index contributed by atoms with van der Waals surface area (Å²) in [6.07, 6.45) is 1.60. The van der Waals surface area contributed by atoms with Gasteiger partial charge in [0.1, 0.15) is 11.8 Å². The van der Waals surface area contributed by atoms with Crippen molar-refractivity contribution in [3.63, 3.8) is 0 Å². The minimum absolute atomic E-state index is 0.266. The number of H-pyrrole nitrogens is 1. The molecule has 3 rings (SSSR count). The van der Waals surface area contributed by atoms with E-state index in [1.54, 1.807) is 13.4 Å². The minimum atomic E-state index is -0.303. The number of fused-ring (bicyclic) bond motifs is 1. The van der Waals surface area contributed by atoms with Crippen LogP contribution in [0.4, 0.5) is 0 Å². The molecule has 0 radical (unpaired) electrons. The van der Waals surface area contributed by atoms with E-state index in [-0.39, 0.29) is 11.1 Å². The predicted octanol–water partition coefficient (Wildman–Crippen LogP) is 1.20. The van der Waals surface area contributed by atoms with Crippen LogP contribution in [-0.2, 0) is 7.05 Å². The Morgan fingerprint density at radius 3 is 3.00 bits per heavy atom. The molecule has 0 aliphatic heterocycles. The maximum atomic E-state index is 11.5. The van der Waals surface area contributed by atoms with Crippen LogP contribution in [-0.4, -0.2) is 19.7 Å². The molecule has 0 aliphatic rings. The van der Waals surface area contributed by atoms with Gasteiger partial charge in [-0.3, -0.25) is 4.79 Å². The van der Waals surface area contributed by atoms with Gasteiger partial charge in [-0.15, -0.1) is 0 Å². The molecule has 92 valence electrons. The van der Waals surface area contributed by atoms with E-state index < -0.39 is 0 Å². The third-order valence-electron chi connectivity index (χ3n) is 2.91. The van der Waals surface area contributed by atoms with Gasteiger partial charge in [0.05, 0.1) is 22.9 Å². The van der Waals surface area contributed by atoms with E-state index >= 15 is 0 Å². The SMILES string of the molecule is Cn1nc(-c2ccc3nc[nH]c3c2)c(C#N)cc1=O. The minimum Gasteiger partial charge on any atom is -0.345 e. The number of aromatic amines is 1. The first-order valence-corrected chi connectivity index (χ1v) is 5.61. The molecule has 0 atom stereocenters. The van der Waals surface area contributed by atoms with Gasteiger partial charge in [0.2, 0.25) is 0 Å². The summed E-state index contributed by atoms with van der Waals surface area (Å²) in [6, 6.07) is 8.82. The Balaban J connectivity index is 2.28. The van der Waals surface area contributed by atoms with Crippen LogP contribution in [0.2, 0.25) is 0 Å². The Kier molecular flexibility index (Phi) is 2.39. The number of rotatable bonds is 1. The Morgan fingerprint density at radius 2 is 2.21 bits per heavy atom. The Morgan fingerprint density at radius 1 is 1.37 bits per heavy atom. The molecule has 19 heavy (non-hydrogen) atoms. The van der Waals surface area contributed by atoms with Crippen molar-refractivity contribution in [2.45, 2.75) is 0 Å². The van der Waals surface area contributed by atoms with Crippen LogP contribution in [0.1, 0.15) is 5.56 Å². The molecule has 3 aromatic rings. The second-order valence-electron chi connectivity index (χ2n) is 4.11. The fourth-order valence-electron chi connectivity index (χ4n) is 1.92. The fraction of sp³-hybridized carbons (Fsp3) is 0.0769. The highest BCUT2D eigenvalue weighted by atomic mass is 16.1. The first-order valence-electron chi connectivity index (χ1n) is 5.61. The third kappa shape index (κ3) is 1.77. The van der Waals surface area contributed by atoms with E-state index in [9.17, 15) is 4.79 Å². The summed E-state index contributed by atoms with van der Waals surface area (Å²) in [6.45, 7) is 0. The van der Waals surface area contributed by atoms with Crippen molar-refractivity contribution in [2.75, 3.05) is 0 Å². The van der Waals surface area contributed by atoms with Crippen molar-refractivity contribution < 1.29 is 0 Å². The highest BCUT2D eigenvalue weighted by molar-refractivity contribution is 5.81. The molecule has 1 N–H and O–H groups in total. The smallest absolute Gasteiger partial charge is 0.267 e. The van der Waals surface area contributed by atoms with Gasteiger partial charge in [-0.1, -0.05) is 6.07 Å². The number of benzene rings is 1. The maximum Gasteiger partial charge on any atom is 0.267 e. The molecular weight excluding hydrogens is 242 g/mol. The predicted molar refractivity (Wildman–Crippen MR) is 69.3 cm³/mol. The van der Waals surface area contributed by atoms with Crippen molar-refractivity contribution >= 4 is 11.0 Å². The summed E-state index contributed by atoms with van der Waals surface area (Å²) >= 11 is 0. The lowest BCUT2D eigenvalue weighted by atomic mass is 10.1. The molecule has 0 unspecified atom stereocenters. The molecule has 0 saturated heterocycles. The van der Waals surface area contributed by atoms with E-state index in [0.717, 1.165) is 16.6 Å². The van der Waals surface area contributed by atoms with Crippen LogP contribution in [0.5, 0.6) is 0 Å². The van der Waals surface area contributed by atoms with Gasteiger partial charge in [0, 0.05) is 18.7 Å². The Hall–Kier alpha value is -2.94. The van der Waals surface area contributed by atoms with Crippen LogP contribution in [0.3, 0.4) is 0 Å². The molecule has 0 bridgehead atoms. The van der Waals surface area contributed by atoms with Gasteiger partial charge in [-0.2, -0.15) is 10.4 Å². The van der Waals surface area contributed by atoms with Crippen LogP contribution >= 0.6 is 0 Å². The van der Waals surface area contributed by atoms with Crippen LogP contribution in [0.25, 0.3) is 22.3 Å². The summed E-state index contributed by atoms with van der Waals surface area (Å²) in [7, 11) is 1.56. The topological polar surface area (TPSA) is 87.4 Å². The van der Waals surface area contributed by atoms with E-state index in [0.29, 0.717) is 5.69 Å². The normalized spacial score (nSPS) is 10.5. The maximum absolute atomic E-state index is 11.5. The molecule has 0 aliphatic carbocycles. The zero-order valence-corrected chi connectivity index (χ0v) is 10.1. The lowest BCUT2D eigenvalue weighted by Gasteiger charge is -2.05. The zero-order chi connectivity index (χ0) is 13.4. The van der Waals surface area contributed by atoms with Gasteiger partial charge >= 0.3 is 0 Å². The molecule has 2 heterocycles. The number of hydrogen-bond donors (Lipinski definition) is 1. The standard InChI is InChI=1S/C13H9N5O/c1-18-12(19)5-9(6-14)13(17-18)8-2-3-10-11(4-8)16-7-15-10/h2-5,7H,1H3,(H,15,16). The highest BCUT2D eigenvalue weighted by Gasteiger charge is 2.10. The van der Waals surface area contributed by atoms with Crippen LogP contribution < -0.4 is 5.56 Å². The van der Waals surface area contributed by atoms with E-state index in [1.165, 1.54) is 10.7 Å². The van der Waals surface area contributed by atoms with Gasteiger partial charge < -0.3 is 4.98 Å². The van der Waals surface area contributed by atoms with Crippen LogP contribution in [0, 0.1) is 11.3 Å². The number of aryl methyl sites for hydroxylation is 1. The summed E-state index contributed by atoms with van der Waals surface area (Å²) in [5, 5.41) is 13.3. The first kappa shape index (κ1) is 11.2. The lowest BCUT2D eigenvalue weighted by molar-refractivity contribution is 0.710. The second-order valence-corrected chi connectivity index (χ2v) is 4.11. The summed E-state index contributed by atoms with van der Waals surface area (Å²) < 4.78 is 1.22. The molecule has 1 aromatic carbocycles. The Labute approximate surface area is 108 Å². The third-order valence-corrected chi connectivity index (χ3v) is 2.91. The van der Waals surface area contributed by atoms with Crippen molar-refractivity contribution in [1.29, 1.82) is 5.26 Å². The van der Waals surface area contributed by atoms with Crippen molar-refractivity contribution in [3.8, 4) is 17.3 Å². The molecule has 0 fully saturated rings. The molecule has 0 amide bonds. The monoisotopic (exact) mass is 251 g/mol. The van der Waals surface area contributed by atoms with Gasteiger partial charge in [-0.25, -0.2) is 9.67 Å².